The normalized spacial score (nSPS) is 14.8. The van der Waals surface area contributed by atoms with Crippen molar-refractivity contribution in [3.05, 3.63) is 40.8 Å². The third-order valence-corrected chi connectivity index (χ3v) is 8.04. The monoisotopic (exact) mass is 469 g/mol. The van der Waals surface area contributed by atoms with E-state index in [-0.39, 0.29) is 16.2 Å². The number of methoxy groups -OCH3 is 2. The molecule has 0 spiro atoms. The maximum atomic E-state index is 12.7. The molecule has 0 amide bonds. The van der Waals surface area contributed by atoms with Gasteiger partial charge in [-0.25, -0.2) is 8.42 Å². The van der Waals surface area contributed by atoms with Crippen molar-refractivity contribution in [1.82, 2.24) is 4.31 Å². The average Bonchev–Trinajstić information content (AvgIpc) is 3.26. The Morgan fingerprint density at radius 2 is 1.84 bits per heavy atom. The standard InChI is InChI=1S/C20H23NO8S2/c1-26-14-3-5-16(18(11-14)27-2)17(22)13-29-19(23)12-15-4-6-20(30-15)31(24,25)21-7-9-28-10-8-21/h3-6,11H,7-10,12-13H2,1-2H3. The summed E-state index contributed by atoms with van der Waals surface area (Å²) in [6.07, 6.45) is -0.129. The van der Waals surface area contributed by atoms with Gasteiger partial charge in [0, 0.05) is 24.0 Å². The molecule has 0 aliphatic carbocycles. The number of nitrogens with zero attached hydrogens (tertiary/aromatic N) is 1. The predicted octanol–water partition coefficient (Wildman–Crippen LogP) is 1.75. The van der Waals surface area contributed by atoms with Crippen molar-refractivity contribution in [1.29, 1.82) is 0 Å². The lowest BCUT2D eigenvalue weighted by atomic mass is 10.1. The third kappa shape index (κ3) is 5.62. The van der Waals surface area contributed by atoms with Gasteiger partial charge < -0.3 is 18.9 Å². The van der Waals surface area contributed by atoms with Crippen LogP contribution in [0.1, 0.15) is 15.2 Å². The molecule has 1 aliphatic rings. The fourth-order valence-electron chi connectivity index (χ4n) is 2.95. The fraction of sp³-hybridized carbons (Fsp3) is 0.400. The Morgan fingerprint density at radius 1 is 1.10 bits per heavy atom. The summed E-state index contributed by atoms with van der Waals surface area (Å²) in [6.45, 7) is 0.864. The second kappa shape index (κ2) is 10.2. The number of sulfonamides is 1. The molecule has 0 saturated carbocycles. The zero-order valence-corrected chi connectivity index (χ0v) is 18.8. The number of ketones is 1. The van der Waals surface area contributed by atoms with Crippen molar-refractivity contribution < 1.29 is 37.0 Å². The number of esters is 1. The SMILES string of the molecule is COc1ccc(C(=O)COC(=O)Cc2ccc(S(=O)(=O)N3CCOCC3)s2)c(OC)c1. The number of hydrogen-bond acceptors (Lipinski definition) is 9. The van der Waals surface area contributed by atoms with Gasteiger partial charge in [-0.05, 0) is 24.3 Å². The van der Waals surface area contributed by atoms with Crippen molar-refractivity contribution in [3.8, 4) is 11.5 Å². The Balaban J connectivity index is 1.57. The highest BCUT2D eigenvalue weighted by molar-refractivity contribution is 7.91. The van der Waals surface area contributed by atoms with Gasteiger partial charge in [0.1, 0.15) is 15.7 Å². The van der Waals surface area contributed by atoms with Crippen LogP contribution in [0.3, 0.4) is 0 Å². The Bertz CT molecular complexity index is 1040. The van der Waals surface area contributed by atoms with E-state index in [0.717, 1.165) is 11.3 Å². The summed E-state index contributed by atoms with van der Waals surface area (Å²) in [4.78, 5) is 25.1. The molecule has 1 aromatic heterocycles. The number of carbonyl (C=O) groups is 2. The van der Waals surface area contributed by atoms with Crippen LogP contribution in [0.25, 0.3) is 0 Å². The molecule has 0 N–H and O–H groups in total. The minimum absolute atomic E-state index is 0.129. The van der Waals surface area contributed by atoms with Crippen LogP contribution in [0.5, 0.6) is 11.5 Å². The Hall–Kier alpha value is -2.47. The molecule has 31 heavy (non-hydrogen) atoms. The molecule has 3 rings (SSSR count). The fourth-order valence-corrected chi connectivity index (χ4v) is 5.86. The molecule has 1 saturated heterocycles. The number of Topliss-reactive ketones (excluding diaryl/α,β-unsaturated/α-hetero) is 1. The van der Waals surface area contributed by atoms with Crippen LogP contribution < -0.4 is 9.47 Å². The summed E-state index contributed by atoms with van der Waals surface area (Å²) in [5.41, 5.74) is 0.270. The van der Waals surface area contributed by atoms with E-state index in [1.807, 2.05) is 0 Å². The largest absolute Gasteiger partial charge is 0.497 e. The summed E-state index contributed by atoms with van der Waals surface area (Å²) in [7, 11) is -0.683. The Kier molecular flexibility index (Phi) is 7.65. The summed E-state index contributed by atoms with van der Waals surface area (Å²) in [5, 5.41) is 0. The Morgan fingerprint density at radius 3 is 2.52 bits per heavy atom. The molecule has 0 bridgehead atoms. The molecule has 2 aromatic rings. The molecular weight excluding hydrogens is 446 g/mol. The zero-order chi connectivity index (χ0) is 22.4. The maximum absolute atomic E-state index is 12.7. The van der Waals surface area contributed by atoms with Crippen LogP contribution in [0.15, 0.2) is 34.5 Å². The first-order valence-corrected chi connectivity index (χ1v) is 11.7. The van der Waals surface area contributed by atoms with Crippen molar-refractivity contribution in [3.63, 3.8) is 0 Å². The van der Waals surface area contributed by atoms with Crippen LogP contribution >= 0.6 is 11.3 Å². The van der Waals surface area contributed by atoms with E-state index in [0.29, 0.717) is 42.7 Å². The van der Waals surface area contributed by atoms with Crippen LogP contribution in [0.2, 0.25) is 0 Å². The molecule has 9 nitrogen and oxygen atoms in total. The molecular formula is C20H23NO8S2. The number of thiophene rings is 1. The molecule has 0 unspecified atom stereocenters. The minimum atomic E-state index is -3.61. The van der Waals surface area contributed by atoms with Gasteiger partial charge in [-0.15, -0.1) is 11.3 Å². The highest BCUT2D eigenvalue weighted by Gasteiger charge is 2.28. The zero-order valence-electron chi connectivity index (χ0n) is 17.2. The molecule has 1 aliphatic heterocycles. The van der Waals surface area contributed by atoms with Gasteiger partial charge in [0.2, 0.25) is 5.78 Å². The number of hydrogen-bond donors (Lipinski definition) is 0. The summed E-state index contributed by atoms with van der Waals surface area (Å²) < 4.78 is 47.4. The smallest absolute Gasteiger partial charge is 0.311 e. The lowest BCUT2D eigenvalue weighted by Gasteiger charge is -2.25. The summed E-state index contributed by atoms with van der Waals surface area (Å²) >= 11 is 1.01. The number of morpholine rings is 1. The lowest BCUT2D eigenvalue weighted by Crippen LogP contribution is -2.40. The maximum Gasteiger partial charge on any atom is 0.311 e. The van der Waals surface area contributed by atoms with Gasteiger partial charge in [0.25, 0.3) is 10.0 Å². The predicted molar refractivity (Wildman–Crippen MR) is 112 cm³/mol. The first-order chi connectivity index (χ1) is 14.8. The van der Waals surface area contributed by atoms with E-state index in [9.17, 15) is 18.0 Å². The second-order valence-electron chi connectivity index (χ2n) is 6.56. The van der Waals surface area contributed by atoms with Crippen molar-refractivity contribution in [2.45, 2.75) is 10.6 Å². The van der Waals surface area contributed by atoms with Crippen LogP contribution in [0.4, 0.5) is 0 Å². The average molecular weight is 470 g/mol. The van der Waals surface area contributed by atoms with E-state index < -0.39 is 28.4 Å². The van der Waals surface area contributed by atoms with Gasteiger partial charge >= 0.3 is 5.97 Å². The first-order valence-electron chi connectivity index (χ1n) is 9.42. The molecule has 0 atom stereocenters. The van der Waals surface area contributed by atoms with Crippen molar-refractivity contribution >= 4 is 33.1 Å². The van der Waals surface area contributed by atoms with Crippen molar-refractivity contribution in [2.24, 2.45) is 0 Å². The second-order valence-corrected chi connectivity index (χ2v) is 9.90. The quantitative estimate of drug-likeness (QED) is 0.404. The number of rotatable bonds is 9. The van der Waals surface area contributed by atoms with Gasteiger partial charge in [0.05, 0.1) is 39.4 Å². The molecule has 1 aromatic carbocycles. The molecule has 2 heterocycles. The van der Waals surface area contributed by atoms with E-state index in [1.165, 1.54) is 30.7 Å². The van der Waals surface area contributed by atoms with Gasteiger partial charge in [-0.2, -0.15) is 4.31 Å². The van der Waals surface area contributed by atoms with Gasteiger partial charge in [-0.1, -0.05) is 0 Å². The number of benzene rings is 1. The van der Waals surface area contributed by atoms with E-state index in [2.05, 4.69) is 0 Å². The molecule has 168 valence electrons. The number of ether oxygens (including phenoxy) is 4. The summed E-state index contributed by atoms with van der Waals surface area (Å²) in [6, 6.07) is 7.77. The highest BCUT2D eigenvalue weighted by Crippen LogP contribution is 2.27. The topological polar surface area (TPSA) is 108 Å². The van der Waals surface area contributed by atoms with E-state index >= 15 is 0 Å². The van der Waals surface area contributed by atoms with Crippen LogP contribution in [-0.2, 0) is 30.7 Å². The molecule has 1 fully saturated rings. The summed E-state index contributed by atoms with van der Waals surface area (Å²) in [5.74, 6) is -0.199. The van der Waals surface area contributed by atoms with Gasteiger partial charge in [0.15, 0.2) is 6.61 Å². The van der Waals surface area contributed by atoms with E-state index in [4.69, 9.17) is 18.9 Å². The molecule has 0 radical (unpaired) electrons. The number of carbonyl (C=O) groups excluding carboxylic acids is 2. The third-order valence-electron chi connectivity index (χ3n) is 4.59. The molecule has 11 heteroatoms. The van der Waals surface area contributed by atoms with E-state index in [1.54, 1.807) is 18.2 Å². The minimum Gasteiger partial charge on any atom is -0.497 e. The van der Waals surface area contributed by atoms with Crippen LogP contribution in [-0.4, -0.2) is 71.6 Å². The first kappa shape index (κ1) is 23.2. The lowest BCUT2D eigenvalue weighted by molar-refractivity contribution is -0.141. The van der Waals surface area contributed by atoms with Gasteiger partial charge in [-0.3, -0.25) is 9.59 Å². The van der Waals surface area contributed by atoms with Crippen LogP contribution in [0, 0.1) is 0 Å². The van der Waals surface area contributed by atoms with Crippen molar-refractivity contribution in [2.75, 3.05) is 47.1 Å². The highest BCUT2D eigenvalue weighted by atomic mass is 32.2. The Labute approximate surface area is 184 Å².